The van der Waals surface area contributed by atoms with Crippen LogP contribution in [0.2, 0.25) is 0 Å². The zero-order valence-corrected chi connectivity index (χ0v) is 12.6. The number of hydrogen-bond donors (Lipinski definition) is 2. The van der Waals surface area contributed by atoms with Gasteiger partial charge in [0.2, 0.25) is 0 Å². The number of hydrogen-bond acceptors (Lipinski definition) is 3. The first kappa shape index (κ1) is 14.1. The lowest BCUT2D eigenvalue weighted by molar-refractivity contribution is 0.0575. The molecule has 112 valence electrons. The lowest BCUT2D eigenvalue weighted by Crippen LogP contribution is -2.49. The molecule has 1 fully saturated rings. The zero-order valence-electron chi connectivity index (χ0n) is 12.6. The molecule has 2 atom stereocenters. The minimum absolute atomic E-state index is 0.0651. The van der Waals surface area contributed by atoms with Gasteiger partial charge < -0.3 is 10.6 Å². The standard InChI is InChI=1S/C16H22N4O/c1-10-3-4-20(13(6-10)8-17)16(21)14-7-11(2)5-12-9-18-19-15(12)14/h5,7,9-10,13H,3-4,6,8,17H2,1-2H3,(H,18,19). The molecule has 2 aromatic rings. The molecule has 5 heteroatoms. The Balaban J connectivity index is 1.98. The van der Waals surface area contributed by atoms with Crippen molar-refractivity contribution in [3.63, 3.8) is 0 Å². The third-order valence-corrected chi connectivity index (χ3v) is 4.43. The van der Waals surface area contributed by atoms with Gasteiger partial charge >= 0.3 is 0 Å². The SMILES string of the molecule is Cc1cc(C(=O)N2CCC(C)CC2CN)c2[nH]ncc2c1. The fourth-order valence-corrected chi connectivity index (χ4v) is 3.27. The number of piperidine rings is 1. The van der Waals surface area contributed by atoms with Crippen molar-refractivity contribution in [1.29, 1.82) is 0 Å². The lowest BCUT2D eigenvalue weighted by atomic mass is 9.91. The highest BCUT2D eigenvalue weighted by Gasteiger charge is 2.30. The maximum absolute atomic E-state index is 13.0. The summed E-state index contributed by atoms with van der Waals surface area (Å²) >= 11 is 0. The number of rotatable bonds is 2. The van der Waals surface area contributed by atoms with E-state index in [1.807, 2.05) is 24.0 Å². The molecule has 1 aromatic heterocycles. The Morgan fingerprint density at radius 1 is 1.52 bits per heavy atom. The molecular formula is C16H22N4O. The van der Waals surface area contributed by atoms with E-state index in [0.29, 0.717) is 18.0 Å². The van der Waals surface area contributed by atoms with Crippen molar-refractivity contribution in [2.24, 2.45) is 11.7 Å². The Labute approximate surface area is 124 Å². The molecule has 0 spiro atoms. The summed E-state index contributed by atoms with van der Waals surface area (Å²) in [5.74, 6) is 0.697. The number of aryl methyl sites for hydroxylation is 1. The number of nitrogens with two attached hydrogens (primary N) is 1. The predicted octanol–water partition coefficient (Wildman–Crippen LogP) is 2.07. The van der Waals surface area contributed by atoms with Crippen LogP contribution in [-0.2, 0) is 0 Å². The molecule has 21 heavy (non-hydrogen) atoms. The van der Waals surface area contributed by atoms with Crippen molar-refractivity contribution in [3.8, 4) is 0 Å². The summed E-state index contributed by atoms with van der Waals surface area (Å²) in [7, 11) is 0. The number of fused-ring (bicyclic) bond motifs is 1. The Kier molecular flexibility index (Phi) is 3.68. The Hall–Kier alpha value is -1.88. The first-order valence-corrected chi connectivity index (χ1v) is 7.55. The summed E-state index contributed by atoms with van der Waals surface area (Å²) in [5, 5.41) is 7.99. The van der Waals surface area contributed by atoms with Crippen LogP contribution >= 0.6 is 0 Å². The first-order valence-electron chi connectivity index (χ1n) is 7.55. The summed E-state index contributed by atoms with van der Waals surface area (Å²) in [4.78, 5) is 14.9. The number of benzene rings is 1. The molecule has 1 saturated heterocycles. The number of amides is 1. The number of aromatic nitrogens is 2. The molecule has 1 aliphatic heterocycles. The molecular weight excluding hydrogens is 264 g/mol. The van der Waals surface area contributed by atoms with Crippen LogP contribution in [0.1, 0.15) is 35.7 Å². The second kappa shape index (κ2) is 5.48. The topological polar surface area (TPSA) is 75.0 Å². The van der Waals surface area contributed by atoms with Crippen molar-refractivity contribution in [2.45, 2.75) is 32.7 Å². The van der Waals surface area contributed by atoms with Gasteiger partial charge in [-0.05, 0) is 43.4 Å². The van der Waals surface area contributed by atoms with E-state index in [1.165, 1.54) is 0 Å². The van der Waals surface area contributed by atoms with Gasteiger partial charge in [0.1, 0.15) is 0 Å². The molecule has 0 saturated carbocycles. The number of nitrogens with one attached hydrogen (secondary N) is 1. The highest BCUT2D eigenvalue weighted by atomic mass is 16.2. The van der Waals surface area contributed by atoms with Gasteiger partial charge in [0, 0.05) is 24.5 Å². The largest absolute Gasteiger partial charge is 0.334 e. The van der Waals surface area contributed by atoms with E-state index in [1.54, 1.807) is 6.20 Å². The van der Waals surface area contributed by atoms with Crippen LogP contribution in [0, 0.1) is 12.8 Å². The summed E-state index contributed by atoms with van der Waals surface area (Å²) in [5.41, 5.74) is 8.48. The van der Waals surface area contributed by atoms with Gasteiger partial charge in [0.25, 0.3) is 5.91 Å². The van der Waals surface area contributed by atoms with Gasteiger partial charge in [-0.25, -0.2) is 0 Å². The van der Waals surface area contributed by atoms with Gasteiger partial charge in [-0.2, -0.15) is 5.10 Å². The normalized spacial score (nSPS) is 22.7. The van der Waals surface area contributed by atoms with Crippen molar-refractivity contribution in [2.75, 3.05) is 13.1 Å². The fraction of sp³-hybridized carbons (Fsp3) is 0.500. The van der Waals surface area contributed by atoms with Gasteiger partial charge in [-0.3, -0.25) is 9.89 Å². The zero-order chi connectivity index (χ0) is 15.0. The molecule has 0 radical (unpaired) electrons. The van der Waals surface area contributed by atoms with Crippen LogP contribution in [0.15, 0.2) is 18.3 Å². The second-order valence-corrected chi connectivity index (χ2v) is 6.16. The van der Waals surface area contributed by atoms with Crippen molar-refractivity contribution >= 4 is 16.8 Å². The number of carbonyl (C=O) groups is 1. The molecule has 0 bridgehead atoms. The number of likely N-dealkylation sites (tertiary alicyclic amines) is 1. The van der Waals surface area contributed by atoms with E-state index in [-0.39, 0.29) is 11.9 Å². The average Bonchev–Trinajstić information content (AvgIpc) is 2.93. The van der Waals surface area contributed by atoms with E-state index >= 15 is 0 Å². The summed E-state index contributed by atoms with van der Waals surface area (Å²) in [6.45, 7) is 5.53. The minimum atomic E-state index is 0.0651. The van der Waals surface area contributed by atoms with Crippen LogP contribution in [0.25, 0.3) is 10.9 Å². The molecule has 0 aliphatic carbocycles. The maximum Gasteiger partial charge on any atom is 0.256 e. The van der Waals surface area contributed by atoms with Crippen molar-refractivity contribution in [3.05, 3.63) is 29.5 Å². The fourth-order valence-electron chi connectivity index (χ4n) is 3.27. The van der Waals surface area contributed by atoms with Gasteiger partial charge in [-0.15, -0.1) is 0 Å². The molecule has 5 nitrogen and oxygen atoms in total. The van der Waals surface area contributed by atoms with Gasteiger partial charge in [-0.1, -0.05) is 6.92 Å². The Morgan fingerprint density at radius 3 is 3.10 bits per heavy atom. The second-order valence-electron chi connectivity index (χ2n) is 6.16. The van der Waals surface area contributed by atoms with Crippen LogP contribution < -0.4 is 5.73 Å². The number of H-pyrrole nitrogens is 1. The minimum Gasteiger partial charge on any atom is -0.334 e. The average molecular weight is 286 g/mol. The summed E-state index contributed by atoms with van der Waals surface area (Å²) in [6.07, 6.45) is 3.79. The molecule has 3 N–H and O–H groups in total. The summed E-state index contributed by atoms with van der Waals surface area (Å²) < 4.78 is 0. The molecule has 3 rings (SSSR count). The van der Waals surface area contributed by atoms with Crippen LogP contribution in [-0.4, -0.2) is 40.1 Å². The third-order valence-electron chi connectivity index (χ3n) is 4.43. The van der Waals surface area contributed by atoms with Gasteiger partial charge in [0.15, 0.2) is 0 Å². The first-order chi connectivity index (χ1) is 10.1. The Morgan fingerprint density at radius 2 is 2.33 bits per heavy atom. The van der Waals surface area contributed by atoms with Crippen molar-refractivity contribution in [1.82, 2.24) is 15.1 Å². The van der Waals surface area contributed by atoms with E-state index < -0.39 is 0 Å². The molecule has 1 aromatic carbocycles. The molecule has 2 unspecified atom stereocenters. The quantitative estimate of drug-likeness (QED) is 0.887. The summed E-state index contributed by atoms with van der Waals surface area (Å²) in [6, 6.07) is 4.11. The maximum atomic E-state index is 13.0. The smallest absolute Gasteiger partial charge is 0.256 e. The Bertz CT molecular complexity index is 663. The monoisotopic (exact) mass is 286 g/mol. The number of nitrogens with zero attached hydrogens (tertiary/aromatic N) is 2. The van der Waals surface area contributed by atoms with E-state index in [9.17, 15) is 4.79 Å². The number of aromatic amines is 1. The third kappa shape index (κ3) is 2.53. The van der Waals surface area contributed by atoms with Crippen LogP contribution in [0.5, 0.6) is 0 Å². The molecule has 2 heterocycles. The highest BCUT2D eigenvalue weighted by molar-refractivity contribution is 6.05. The van der Waals surface area contributed by atoms with Gasteiger partial charge in [0.05, 0.1) is 17.3 Å². The van der Waals surface area contributed by atoms with E-state index in [2.05, 4.69) is 17.1 Å². The van der Waals surface area contributed by atoms with Crippen LogP contribution in [0.4, 0.5) is 0 Å². The molecule has 1 aliphatic rings. The highest BCUT2D eigenvalue weighted by Crippen LogP contribution is 2.26. The predicted molar refractivity (Wildman–Crippen MR) is 83.1 cm³/mol. The number of carbonyl (C=O) groups excluding carboxylic acids is 1. The lowest BCUT2D eigenvalue weighted by Gasteiger charge is -2.38. The van der Waals surface area contributed by atoms with E-state index in [0.717, 1.165) is 35.9 Å². The van der Waals surface area contributed by atoms with E-state index in [4.69, 9.17) is 5.73 Å². The van der Waals surface area contributed by atoms with Crippen molar-refractivity contribution < 1.29 is 4.79 Å². The molecule has 1 amide bonds. The van der Waals surface area contributed by atoms with Crippen LogP contribution in [0.3, 0.4) is 0 Å².